The Balaban J connectivity index is 1.42. The second-order valence-electron chi connectivity index (χ2n) is 6.79. The van der Waals surface area contributed by atoms with Gasteiger partial charge in [-0.1, -0.05) is 17.7 Å². The minimum absolute atomic E-state index is 0.0273. The summed E-state index contributed by atoms with van der Waals surface area (Å²) in [5, 5.41) is 11.8. The van der Waals surface area contributed by atoms with Gasteiger partial charge in [-0.25, -0.2) is 0 Å². The van der Waals surface area contributed by atoms with Crippen LogP contribution in [0.3, 0.4) is 0 Å². The summed E-state index contributed by atoms with van der Waals surface area (Å²) in [6, 6.07) is 7.68. The number of hydrogen-bond acceptors (Lipinski definition) is 5. The van der Waals surface area contributed by atoms with Crippen LogP contribution in [0.2, 0.25) is 0 Å². The van der Waals surface area contributed by atoms with Gasteiger partial charge in [-0.15, -0.1) is 11.8 Å². The van der Waals surface area contributed by atoms with Gasteiger partial charge in [-0.05, 0) is 31.9 Å². The van der Waals surface area contributed by atoms with E-state index in [1.54, 1.807) is 0 Å². The molecule has 1 aliphatic heterocycles. The Morgan fingerprint density at radius 1 is 1.19 bits per heavy atom. The Kier molecular flexibility index (Phi) is 6.16. The van der Waals surface area contributed by atoms with Gasteiger partial charge in [0.15, 0.2) is 0 Å². The molecule has 0 bridgehead atoms. The van der Waals surface area contributed by atoms with Gasteiger partial charge in [-0.3, -0.25) is 19.7 Å². The highest BCUT2D eigenvalue weighted by Gasteiger charge is 2.30. The lowest BCUT2D eigenvalue weighted by atomic mass is 10.1. The lowest BCUT2D eigenvalue weighted by Gasteiger charge is -2.30. The molecule has 1 aromatic carbocycles. The molecule has 4 N–H and O–H groups in total. The molecule has 3 amide bonds. The Labute approximate surface area is 157 Å². The molecule has 26 heavy (non-hydrogen) atoms. The summed E-state index contributed by atoms with van der Waals surface area (Å²) in [7, 11) is 0. The molecule has 2 fully saturated rings. The third-order valence-corrected chi connectivity index (χ3v) is 5.22. The molecule has 1 aliphatic carbocycles. The van der Waals surface area contributed by atoms with Crippen LogP contribution in [-0.4, -0.2) is 41.1 Å². The van der Waals surface area contributed by atoms with Crippen LogP contribution in [0.4, 0.5) is 5.69 Å². The quantitative estimate of drug-likeness (QED) is 0.571. The first-order chi connectivity index (χ1) is 12.5. The van der Waals surface area contributed by atoms with Crippen molar-refractivity contribution < 1.29 is 14.4 Å². The second kappa shape index (κ2) is 8.55. The van der Waals surface area contributed by atoms with Crippen LogP contribution in [-0.2, 0) is 14.4 Å². The first kappa shape index (κ1) is 18.7. The largest absolute Gasteiger partial charge is 0.353 e. The molecule has 3 rings (SSSR count). The lowest BCUT2D eigenvalue weighted by molar-refractivity contribution is -0.125. The van der Waals surface area contributed by atoms with Crippen molar-refractivity contribution in [2.24, 2.45) is 0 Å². The SMILES string of the molecule is Cc1ccc(NC(=O)CSC2NC(=O)CC(CC(=O)NC3CC3)N2)cc1. The van der Waals surface area contributed by atoms with Gasteiger partial charge < -0.3 is 16.0 Å². The molecule has 1 saturated carbocycles. The number of rotatable bonds is 7. The van der Waals surface area contributed by atoms with Gasteiger partial charge >= 0.3 is 0 Å². The topological polar surface area (TPSA) is 99.3 Å². The van der Waals surface area contributed by atoms with Crippen molar-refractivity contribution in [1.82, 2.24) is 16.0 Å². The van der Waals surface area contributed by atoms with E-state index in [4.69, 9.17) is 0 Å². The van der Waals surface area contributed by atoms with Crippen LogP contribution in [0, 0.1) is 6.92 Å². The van der Waals surface area contributed by atoms with E-state index in [9.17, 15) is 14.4 Å². The Morgan fingerprint density at radius 3 is 2.62 bits per heavy atom. The molecule has 140 valence electrons. The molecular weight excluding hydrogens is 352 g/mol. The van der Waals surface area contributed by atoms with E-state index < -0.39 is 0 Å². The highest BCUT2D eigenvalue weighted by Crippen LogP contribution is 2.20. The molecule has 1 saturated heterocycles. The van der Waals surface area contributed by atoms with Crippen molar-refractivity contribution in [2.75, 3.05) is 11.1 Å². The maximum atomic E-state index is 12.1. The number of carbonyl (C=O) groups excluding carboxylic acids is 3. The molecular formula is C18H24N4O3S. The molecule has 1 aromatic rings. The summed E-state index contributed by atoms with van der Waals surface area (Å²) in [6.45, 7) is 1.99. The highest BCUT2D eigenvalue weighted by molar-refractivity contribution is 8.00. The third-order valence-electron chi connectivity index (χ3n) is 4.20. The first-order valence-electron chi connectivity index (χ1n) is 8.81. The van der Waals surface area contributed by atoms with Crippen LogP contribution in [0.5, 0.6) is 0 Å². The molecule has 2 unspecified atom stereocenters. The van der Waals surface area contributed by atoms with Gasteiger partial charge in [0.2, 0.25) is 17.7 Å². The third kappa shape index (κ3) is 6.03. The fourth-order valence-electron chi connectivity index (χ4n) is 2.70. The summed E-state index contributed by atoms with van der Waals surface area (Å²) in [5.74, 6) is -0.0687. The van der Waals surface area contributed by atoms with E-state index in [-0.39, 0.29) is 47.9 Å². The van der Waals surface area contributed by atoms with E-state index in [0.29, 0.717) is 6.04 Å². The monoisotopic (exact) mass is 376 g/mol. The van der Waals surface area contributed by atoms with Crippen molar-refractivity contribution >= 4 is 35.2 Å². The van der Waals surface area contributed by atoms with Gasteiger partial charge in [-0.2, -0.15) is 0 Å². The van der Waals surface area contributed by atoms with Crippen molar-refractivity contribution in [3.05, 3.63) is 29.8 Å². The van der Waals surface area contributed by atoms with Crippen LogP contribution in [0.1, 0.15) is 31.2 Å². The molecule has 8 heteroatoms. The molecule has 0 radical (unpaired) electrons. The minimum Gasteiger partial charge on any atom is -0.353 e. The molecule has 1 heterocycles. The zero-order valence-electron chi connectivity index (χ0n) is 14.7. The van der Waals surface area contributed by atoms with Crippen molar-refractivity contribution in [3.63, 3.8) is 0 Å². The number of nitrogens with one attached hydrogen (secondary N) is 4. The fraction of sp³-hybridized carbons (Fsp3) is 0.500. The zero-order valence-corrected chi connectivity index (χ0v) is 15.5. The zero-order chi connectivity index (χ0) is 18.5. The molecule has 0 aromatic heterocycles. The van der Waals surface area contributed by atoms with E-state index in [2.05, 4.69) is 21.3 Å². The second-order valence-corrected chi connectivity index (χ2v) is 7.88. The summed E-state index contributed by atoms with van der Waals surface area (Å²) in [4.78, 5) is 35.9. The summed E-state index contributed by atoms with van der Waals surface area (Å²) in [6.07, 6.45) is 2.62. The summed E-state index contributed by atoms with van der Waals surface area (Å²) >= 11 is 1.30. The maximum absolute atomic E-state index is 12.1. The normalized spacial score (nSPS) is 22.4. The Bertz CT molecular complexity index is 676. The lowest BCUT2D eigenvalue weighted by Crippen LogP contribution is -2.56. The number of anilines is 1. The number of amides is 3. The van der Waals surface area contributed by atoms with Crippen molar-refractivity contribution in [3.8, 4) is 0 Å². The fourth-order valence-corrected chi connectivity index (χ4v) is 3.59. The molecule has 0 spiro atoms. The number of thioether (sulfide) groups is 1. The minimum atomic E-state index is -0.376. The van der Waals surface area contributed by atoms with Crippen LogP contribution in [0.15, 0.2) is 24.3 Å². The van der Waals surface area contributed by atoms with Crippen LogP contribution >= 0.6 is 11.8 Å². The summed E-state index contributed by atoms with van der Waals surface area (Å²) in [5.41, 5.74) is 1.50. The number of carbonyl (C=O) groups is 3. The Hall–Kier alpha value is -2.06. The Morgan fingerprint density at radius 2 is 1.92 bits per heavy atom. The highest BCUT2D eigenvalue weighted by atomic mass is 32.2. The first-order valence-corrected chi connectivity index (χ1v) is 9.86. The van der Waals surface area contributed by atoms with E-state index in [0.717, 1.165) is 24.1 Å². The van der Waals surface area contributed by atoms with Gasteiger partial charge in [0, 0.05) is 30.6 Å². The average molecular weight is 376 g/mol. The number of aryl methyl sites for hydroxylation is 1. The molecule has 7 nitrogen and oxygen atoms in total. The van der Waals surface area contributed by atoms with Crippen molar-refractivity contribution in [1.29, 1.82) is 0 Å². The summed E-state index contributed by atoms with van der Waals surface area (Å²) < 4.78 is 0. The van der Waals surface area contributed by atoms with E-state index in [1.807, 2.05) is 31.2 Å². The van der Waals surface area contributed by atoms with E-state index in [1.165, 1.54) is 11.8 Å². The standard InChI is InChI=1S/C18H24N4O3S/c1-11-2-4-12(5-3-11)20-17(25)10-26-18-21-14(9-16(24)22-18)8-15(23)19-13-6-7-13/h2-5,13-14,18,21H,6-10H2,1H3,(H,19,23)(H,20,25)(H,22,24). The van der Waals surface area contributed by atoms with E-state index >= 15 is 0 Å². The predicted molar refractivity (Wildman–Crippen MR) is 102 cm³/mol. The smallest absolute Gasteiger partial charge is 0.234 e. The van der Waals surface area contributed by atoms with Gasteiger partial charge in [0.05, 0.1) is 5.75 Å². The average Bonchev–Trinajstić information content (AvgIpc) is 3.38. The number of benzene rings is 1. The number of hydrogen-bond donors (Lipinski definition) is 4. The predicted octanol–water partition coefficient (Wildman–Crippen LogP) is 1.10. The molecule has 2 atom stereocenters. The van der Waals surface area contributed by atoms with Crippen molar-refractivity contribution in [2.45, 2.75) is 50.2 Å². The van der Waals surface area contributed by atoms with Crippen LogP contribution in [0.25, 0.3) is 0 Å². The van der Waals surface area contributed by atoms with Crippen LogP contribution < -0.4 is 21.3 Å². The molecule has 2 aliphatic rings. The van der Waals surface area contributed by atoms with Gasteiger partial charge in [0.1, 0.15) is 5.50 Å². The maximum Gasteiger partial charge on any atom is 0.234 e. The van der Waals surface area contributed by atoms with Gasteiger partial charge in [0.25, 0.3) is 0 Å².